The lowest BCUT2D eigenvalue weighted by atomic mass is 10.1. The number of carbonyl (C=O) groups is 2. The molecule has 0 N–H and O–H groups in total. The highest BCUT2D eigenvalue weighted by atomic mass is 19.1. The molecule has 20 heavy (non-hydrogen) atoms. The molecule has 0 atom stereocenters. The van der Waals surface area contributed by atoms with E-state index >= 15 is 0 Å². The number of halogens is 1. The van der Waals surface area contributed by atoms with Gasteiger partial charge in [-0.05, 0) is 44.9 Å². The number of esters is 1. The highest BCUT2D eigenvalue weighted by Crippen LogP contribution is 2.24. The molecule has 0 heterocycles. The topological polar surface area (TPSA) is 52.6 Å². The zero-order valence-electron chi connectivity index (χ0n) is 11.9. The highest BCUT2D eigenvalue weighted by Gasteiger charge is 2.32. The van der Waals surface area contributed by atoms with Crippen LogP contribution in [0.5, 0.6) is 5.75 Å². The lowest BCUT2D eigenvalue weighted by Gasteiger charge is -2.24. The van der Waals surface area contributed by atoms with E-state index in [2.05, 4.69) is 0 Å². The summed E-state index contributed by atoms with van der Waals surface area (Å²) >= 11 is 0. The van der Waals surface area contributed by atoms with Gasteiger partial charge in [0.2, 0.25) is 0 Å². The Labute approximate surface area is 117 Å². The maximum absolute atomic E-state index is 13.9. The van der Waals surface area contributed by atoms with Crippen molar-refractivity contribution in [1.29, 1.82) is 0 Å². The highest BCUT2D eigenvalue weighted by molar-refractivity contribution is 5.79. The molecule has 0 aliphatic carbocycles. The average molecular weight is 282 g/mol. The van der Waals surface area contributed by atoms with Crippen LogP contribution in [0.2, 0.25) is 0 Å². The van der Waals surface area contributed by atoms with E-state index < -0.39 is 17.4 Å². The van der Waals surface area contributed by atoms with Crippen LogP contribution in [0.4, 0.5) is 4.39 Å². The van der Waals surface area contributed by atoms with Crippen LogP contribution in [0.15, 0.2) is 18.2 Å². The molecule has 0 unspecified atom stereocenters. The summed E-state index contributed by atoms with van der Waals surface area (Å²) in [6, 6.07) is 4.43. The average Bonchev–Trinajstić information content (AvgIpc) is 2.39. The van der Waals surface area contributed by atoms with E-state index in [9.17, 15) is 14.0 Å². The standard InChI is InChI=1S/C15H19FO4/c1-4-19-14(18)15(2,3)20-13-8-7-11(6-5-9-17)10-12(13)16/h7-10H,4-6H2,1-3H3. The van der Waals surface area contributed by atoms with Gasteiger partial charge < -0.3 is 14.3 Å². The minimum atomic E-state index is -1.26. The molecule has 0 aromatic heterocycles. The Balaban J connectivity index is 2.82. The fraction of sp³-hybridized carbons (Fsp3) is 0.467. The van der Waals surface area contributed by atoms with Gasteiger partial charge in [-0.3, -0.25) is 0 Å². The first-order valence-corrected chi connectivity index (χ1v) is 6.49. The van der Waals surface area contributed by atoms with Crippen molar-refractivity contribution >= 4 is 12.3 Å². The van der Waals surface area contributed by atoms with Crippen molar-refractivity contribution in [2.75, 3.05) is 6.61 Å². The van der Waals surface area contributed by atoms with Gasteiger partial charge in [0.25, 0.3) is 0 Å². The van der Waals surface area contributed by atoms with E-state index in [4.69, 9.17) is 9.47 Å². The minimum absolute atomic E-state index is 0.0158. The zero-order valence-corrected chi connectivity index (χ0v) is 11.9. The van der Waals surface area contributed by atoms with Crippen molar-refractivity contribution in [2.45, 2.75) is 39.2 Å². The van der Waals surface area contributed by atoms with Gasteiger partial charge in [-0.1, -0.05) is 6.07 Å². The predicted molar refractivity (Wildman–Crippen MR) is 72.1 cm³/mol. The van der Waals surface area contributed by atoms with Gasteiger partial charge in [0.1, 0.15) is 6.29 Å². The van der Waals surface area contributed by atoms with E-state index in [1.54, 1.807) is 13.0 Å². The van der Waals surface area contributed by atoms with Crippen LogP contribution in [0, 0.1) is 5.82 Å². The molecule has 0 spiro atoms. The molecule has 0 amide bonds. The summed E-state index contributed by atoms with van der Waals surface area (Å²) in [5.41, 5.74) is -0.558. The third-order valence-electron chi connectivity index (χ3n) is 2.68. The van der Waals surface area contributed by atoms with E-state index in [1.165, 1.54) is 26.0 Å². The van der Waals surface area contributed by atoms with Gasteiger partial charge in [0.05, 0.1) is 6.61 Å². The summed E-state index contributed by atoms with van der Waals surface area (Å²) in [5, 5.41) is 0. The quantitative estimate of drug-likeness (QED) is 0.570. The largest absolute Gasteiger partial charge is 0.473 e. The van der Waals surface area contributed by atoms with Crippen LogP contribution >= 0.6 is 0 Å². The second-order valence-corrected chi connectivity index (χ2v) is 4.80. The maximum Gasteiger partial charge on any atom is 0.349 e. The lowest BCUT2D eigenvalue weighted by Crippen LogP contribution is -2.40. The number of aryl methyl sites for hydroxylation is 1. The first-order valence-electron chi connectivity index (χ1n) is 6.49. The first-order chi connectivity index (χ1) is 9.40. The first kappa shape index (κ1) is 16.1. The molecule has 1 aromatic carbocycles. The van der Waals surface area contributed by atoms with Crippen molar-refractivity contribution < 1.29 is 23.5 Å². The van der Waals surface area contributed by atoms with Crippen LogP contribution in [-0.2, 0) is 20.7 Å². The Morgan fingerprint density at radius 3 is 2.65 bits per heavy atom. The van der Waals surface area contributed by atoms with E-state index in [1.807, 2.05) is 0 Å². The van der Waals surface area contributed by atoms with Gasteiger partial charge in [0.15, 0.2) is 17.2 Å². The number of rotatable bonds is 7. The normalized spacial score (nSPS) is 11.0. The fourth-order valence-electron chi connectivity index (χ4n) is 1.63. The minimum Gasteiger partial charge on any atom is -0.473 e. The number of carbonyl (C=O) groups excluding carboxylic acids is 2. The van der Waals surface area contributed by atoms with Crippen LogP contribution in [0.25, 0.3) is 0 Å². The maximum atomic E-state index is 13.9. The van der Waals surface area contributed by atoms with Gasteiger partial charge in [-0.2, -0.15) is 0 Å². The van der Waals surface area contributed by atoms with Crippen LogP contribution in [0.3, 0.4) is 0 Å². The molecule has 1 aromatic rings. The Bertz CT molecular complexity index is 483. The second kappa shape index (κ2) is 7.03. The molecule has 0 aliphatic heterocycles. The van der Waals surface area contributed by atoms with E-state index in [0.717, 1.165) is 6.29 Å². The molecule has 0 fully saturated rings. The molecule has 0 bridgehead atoms. The fourth-order valence-corrected chi connectivity index (χ4v) is 1.63. The Morgan fingerprint density at radius 1 is 1.40 bits per heavy atom. The van der Waals surface area contributed by atoms with Crippen molar-refractivity contribution in [3.05, 3.63) is 29.6 Å². The number of hydrogen-bond donors (Lipinski definition) is 0. The summed E-state index contributed by atoms with van der Waals surface area (Å²) < 4.78 is 24.1. The SMILES string of the molecule is CCOC(=O)C(C)(C)Oc1ccc(CCC=O)cc1F. The van der Waals surface area contributed by atoms with E-state index in [0.29, 0.717) is 18.4 Å². The summed E-state index contributed by atoms with van der Waals surface area (Å²) in [6.07, 6.45) is 1.60. The summed E-state index contributed by atoms with van der Waals surface area (Å²) in [6.45, 7) is 4.96. The molecule has 4 nitrogen and oxygen atoms in total. The second-order valence-electron chi connectivity index (χ2n) is 4.80. The van der Waals surface area contributed by atoms with Crippen LogP contribution in [0.1, 0.15) is 32.8 Å². The number of hydrogen-bond acceptors (Lipinski definition) is 4. The van der Waals surface area contributed by atoms with Gasteiger partial charge >= 0.3 is 5.97 Å². The molecular weight excluding hydrogens is 263 g/mol. The van der Waals surface area contributed by atoms with Gasteiger partial charge in [-0.15, -0.1) is 0 Å². The van der Waals surface area contributed by atoms with Crippen molar-refractivity contribution in [3.8, 4) is 5.75 Å². The monoisotopic (exact) mass is 282 g/mol. The van der Waals surface area contributed by atoms with Crippen molar-refractivity contribution in [2.24, 2.45) is 0 Å². The number of aldehydes is 1. The summed E-state index contributed by atoms with van der Waals surface area (Å²) in [7, 11) is 0. The molecule has 0 saturated heterocycles. The Kier molecular flexibility index (Phi) is 5.67. The molecular formula is C15H19FO4. The third-order valence-corrected chi connectivity index (χ3v) is 2.68. The zero-order chi connectivity index (χ0) is 15.2. The van der Waals surface area contributed by atoms with Crippen molar-refractivity contribution in [3.63, 3.8) is 0 Å². The molecule has 1 rings (SSSR count). The van der Waals surface area contributed by atoms with Crippen molar-refractivity contribution in [1.82, 2.24) is 0 Å². The van der Waals surface area contributed by atoms with Gasteiger partial charge in [-0.25, -0.2) is 9.18 Å². The van der Waals surface area contributed by atoms with Crippen LogP contribution in [-0.4, -0.2) is 24.5 Å². The van der Waals surface area contributed by atoms with Gasteiger partial charge in [0, 0.05) is 6.42 Å². The van der Waals surface area contributed by atoms with Crippen LogP contribution < -0.4 is 4.74 Å². The van der Waals surface area contributed by atoms with E-state index in [-0.39, 0.29) is 12.4 Å². The molecule has 0 aliphatic rings. The molecule has 5 heteroatoms. The number of ether oxygens (including phenoxy) is 2. The predicted octanol–water partition coefficient (Wildman–Crippen LogP) is 2.68. The third kappa shape index (κ3) is 4.33. The summed E-state index contributed by atoms with van der Waals surface area (Å²) in [5.74, 6) is -1.13. The molecule has 0 radical (unpaired) electrons. The summed E-state index contributed by atoms with van der Waals surface area (Å²) in [4.78, 5) is 22.0. The smallest absolute Gasteiger partial charge is 0.349 e. The Hall–Kier alpha value is -1.91. The number of benzene rings is 1. The molecule has 110 valence electrons. The Morgan fingerprint density at radius 2 is 2.10 bits per heavy atom. The lowest BCUT2D eigenvalue weighted by molar-refractivity contribution is -0.158. The molecule has 0 saturated carbocycles.